The van der Waals surface area contributed by atoms with Gasteiger partial charge in [0.15, 0.2) is 0 Å². The van der Waals surface area contributed by atoms with Crippen molar-refractivity contribution in [3.05, 3.63) is 28.5 Å². The molecule has 0 amide bonds. The minimum absolute atomic E-state index is 0.215. The molecule has 1 aromatic rings. The van der Waals surface area contributed by atoms with Crippen LogP contribution in [-0.4, -0.2) is 20.2 Å². The van der Waals surface area contributed by atoms with E-state index in [1.54, 1.807) is 6.92 Å². The summed E-state index contributed by atoms with van der Waals surface area (Å²) in [7, 11) is -4.03. The Hall–Kier alpha value is -0.790. The van der Waals surface area contributed by atoms with Crippen LogP contribution in [0.5, 0.6) is 0 Å². The summed E-state index contributed by atoms with van der Waals surface area (Å²) in [5.74, 6) is -1.12. The van der Waals surface area contributed by atoms with Crippen molar-refractivity contribution in [1.82, 2.24) is 4.72 Å². The summed E-state index contributed by atoms with van der Waals surface area (Å²) in [5, 5.41) is 0. The van der Waals surface area contributed by atoms with Crippen LogP contribution >= 0.6 is 15.9 Å². The van der Waals surface area contributed by atoms with Gasteiger partial charge in [0.05, 0.1) is 6.04 Å². The number of ketones is 1. The molecule has 0 spiro atoms. The molecule has 0 aliphatic rings. The highest BCUT2D eigenvalue weighted by Crippen LogP contribution is 2.19. The quantitative estimate of drug-likeness (QED) is 0.896. The zero-order chi connectivity index (χ0) is 13.9. The Bertz CT molecular complexity index is 559. The normalized spacial score (nSPS) is 13.3. The van der Waals surface area contributed by atoms with Crippen LogP contribution in [0.4, 0.5) is 4.39 Å². The SMILES string of the molecule is CCC(=O)C(C)NS(=O)(=O)c1ccc(Br)cc1F. The smallest absolute Gasteiger partial charge is 0.244 e. The summed E-state index contributed by atoms with van der Waals surface area (Å²) < 4.78 is 39.9. The third-order valence-corrected chi connectivity index (χ3v) is 4.41. The Morgan fingerprint density at radius 1 is 1.50 bits per heavy atom. The number of hydrogen-bond donors (Lipinski definition) is 1. The zero-order valence-electron chi connectivity index (χ0n) is 9.91. The summed E-state index contributed by atoms with van der Waals surface area (Å²) in [6.07, 6.45) is 0.215. The fourth-order valence-electron chi connectivity index (χ4n) is 1.36. The molecule has 0 heterocycles. The van der Waals surface area contributed by atoms with Gasteiger partial charge in [0.25, 0.3) is 0 Å². The Labute approximate surface area is 114 Å². The second-order valence-corrected chi connectivity index (χ2v) is 6.34. The highest BCUT2D eigenvalue weighted by molar-refractivity contribution is 9.10. The lowest BCUT2D eigenvalue weighted by atomic mass is 10.2. The summed E-state index contributed by atoms with van der Waals surface area (Å²) in [6.45, 7) is 3.06. The predicted molar refractivity (Wildman–Crippen MR) is 69.2 cm³/mol. The molecule has 100 valence electrons. The molecule has 0 saturated heterocycles. The highest BCUT2D eigenvalue weighted by Gasteiger charge is 2.23. The van der Waals surface area contributed by atoms with Gasteiger partial charge in [0, 0.05) is 10.9 Å². The molecule has 0 aliphatic carbocycles. The number of carbonyl (C=O) groups excluding carboxylic acids is 1. The van der Waals surface area contributed by atoms with Gasteiger partial charge in [-0.3, -0.25) is 4.79 Å². The van der Waals surface area contributed by atoms with Gasteiger partial charge in [-0.05, 0) is 25.1 Å². The summed E-state index contributed by atoms with van der Waals surface area (Å²) in [4.78, 5) is 10.9. The number of sulfonamides is 1. The first kappa shape index (κ1) is 15.3. The van der Waals surface area contributed by atoms with Gasteiger partial charge in [0.1, 0.15) is 16.5 Å². The molecule has 0 aliphatic heterocycles. The lowest BCUT2D eigenvalue weighted by molar-refractivity contribution is -0.119. The number of carbonyl (C=O) groups is 1. The first-order valence-corrected chi connectivity index (χ1v) is 7.55. The van der Waals surface area contributed by atoms with Crippen LogP contribution in [0.15, 0.2) is 27.6 Å². The standard InChI is InChI=1S/C11H13BrFNO3S/c1-3-10(15)7(2)14-18(16,17)11-5-4-8(12)6-9(11)13/h4-7,14H,3H2,1-2H3. The van der Waals surface area contributed by atoms with Crippen LogP contribution in [0, 0.1) is 5.82 Å². The van der Waals surface area contributed by atoms with Crippen molar-refractivity contribution in [3.63, 3.8) is 0 Å². The molecule has 7 heteroatoms. The van der Waals surface area contributed by atoms with E-state index < -0.39 is 26.8 Å². The maximum absolute atomic E-state index is 13.5. The van der Waals surface area contributed by atoms with Gasteiger partial charge < -0.3 is 0 Å². The third kappa shape index (κ3) is 3.60. The Morgan fingerprint density at radius 3 is 2.61 bits per heavy atom. The second kappa shape index (κ2) is 5.90. The van der Waals surface area contributed by atoms with E-state index in [2.05, 4.69) is 20.7 Å². The molecule has 18 heavy (non-hydrogen) atoms. The monoisotopic (exact) mass is 337 g/mol. The van der Waals surface area contributed by atoms with Gasteiger partial charge in [0.2, 0.25) is 10.0 Å². The van der Waals surface area contributed by atoms with Crippen molar-refractivity contribution < 1.29 is 17.6 Å². The van der Waals surface area contributed by atoms with Crippen LogP contribution in [0.25, 0.3) is 0 Å². The van der Waals surface area contributed by atoms with E-state index in [-0.39, 0.29) is 12.2 Å². The van der Waals surface area contributed by atoms with Gasteiger partial charge in [-0.25, -0.2) is 17.5 Å². The summed E-state index contributed by atoms with van der Waals surface area (Å²) in [6, 6.07) is 2.75. The van der Waals surface area contributed by atoms with E-state index >= 15 is 0 Å². The lowest BCUT2D eigenvalue weighted by Gasteiger charge is -2.13. The number of Topliss-reactive ketones (excluding diaryl/α,β-unsaturated/α-hetero) is 1. The van der Waals surface area contributed by atoms with Gasteiger partial charge in [-0.1, -0.05) is 22.9 Å². The molecule has 0 bridgehead atoms. The summed E-state index contributed by atoms with van der Waals surface area (Å²) in [5.41, 5.74) is 0. The number of halogens is 2. The second-order valence-electron chi connectivity index (χ2n) is 3.74. The van der Waals surface area contributed by atoms with E-state index in [1.165, 1.54) is 13.0 Å². The van der Waals surface area contributed by atoms with Gasteiger partial charge >= 0.3 is 0 Å². The number of hydrogen-bond acceptors (Lipinski definition) is 3. The Morgan fingerprint density at radius 2 is 2.11 bits per heavy atom. The fourth-order valence-corrected chi connectivity index (χ4v) is 2.98. The van der Waals surface area contributed by atoms with Gasteiger partial charge in [-0.2, -0.15) is 0 Å². The molecular formula is C11H13BrFNO3S. The molecule has 1 N–H and O–H groups in total. The maximum Gasteiger partial charge on any atom is 0.244 e. The topological polar surface area (TPSA) is 63.2 Å². The minimum atomic E-state index is -4.03. The van der Waals surface area contributed by atoms with E-state index in [1.807, 2.05) is 0 Å². The Kier molecular flexibility index (Phi) is 5.01. The van der Waals surface area contributed by atoms with Gasteiger partial charge in [-0.15, -0.1) is 0 Å². The number of nitrogens with one attached hydrogen (secondary N) is 1. The van der Waals surface area contributed by atoms with E-state index in [9.17, 15) is 17.6 Å². The molecule has 1 rings (SSSR count). The molecule has 0 aromatic heterocycles. The first-order chi connectivity index (χ1) is 8.27. The van der Waals surface area contributed by atoms with Crippen molar-refractivity contribution >= 4 is 31.7 Å². The van der Waals surface area contributed by atoms with Crippen LogP contribution < -0.4 is 4.72 Å². The van der Waals surface area contributed by atoms with Crippen molar-refractivity contribution in [2.24, 2.45) is 0 Å². The summed E-state index contributed by atoms with van der Waals surface area (Å²) >= 11 is 3.04. The highest BCUT2D eigenvalue weighted by atomic mass is 79.9. The number of rotatable bonds is 5. The van der Waals surface area contributed by atoms with E-state index in [0.717, 1.165) is 12.1 Å². The van der Waals surface area contributed by atoms with Crippen LogP contribution in [0.2, 0.25) is 0 Å². The predicted octanol–water partition coefficient (Wildman–Crippen LogP) is 2.23. The van der Waals surface area contributed by atoms with E-state index in [0.29, 0.717) is 4.47 Å². The first-order valence-electron chi connectivity index (χ1n) is 5.28. The fraction of sp³-hybridized carbons (Fsp3) is 0.364. The van der Waals surface area contributed by atoms with Crippen LogP contribution in [0.1, 0.15) is 20.3 Å². The molecule has 0 fully saturated rings. The molecular weight excluding hydrogens is 325 g/mol. The van der Waals surface area contributed by atoms with Crippen molar-refractivity contribution in [3.8, 4) is 0 Å². The number of benzene rings is 1. The Balaban J connectivity index is 3.04. The third-order valence-electron chi connectivity index (χ3n) is 2.35. The average molecular weight is 338 g/mol. The van der Waals surface area contributed by atoms with Crippen molar-refractivity contribution in [1.29, 1.82) is 0 Å². The minimum Gasteiger partial charge on any atom is -0.298 e. The van der Waals surface area contributed by atoms with Crippen molar-refractivity contribution in [2.75, 3.05) is 0 Å². The van der Waals surface area contributed by atoms with Crippen LogP contribution in [-0.2, 0) is 14.8 Å². The molecule has 0 saturated carbocycles. The molecule has 1 atom stereocenters. The molecule has 1 aromatic carbocycles. The lowest BCUT2D eigenvalue weighted by Crippen LogP contribution is -2.38. The molecule has 0 radical (unpaired) electrons. The maximum atomic E-state index is 13.5. The molecule has 4 nitrogen and oxygen atoms in total. The molecule has 1 unspecified atom stereocenters. The van der Waals surface area contributed by atoms with Crippen LogP contribution in [0.3, 0.4) is 0 Å². The van der Waals surface area contributed by atoms with Crippen molar-refractivity contribution in [2.45, 2.75) is 31.2 Å². The zero-order valence-corrected chi connectivity index (χ0v) is 12.3. The largest absolute Gasteiger partial charge is 0.298 e. The average Bonchev–Trinajstić information content (AvgIpc) is 2.26. The van der Waals surface area contributed by atoms with E-state index in [4.69, 9.17) is 0 Å².